The van der Waals surface area contributed by atoms with Gasteiger partial charge >= 0.3 is 5.97 Å². The average Bonchev–Trinajstić information content (AvgIpc) is 2.99. The lowest BCUT2D eigenvalue weighted by Gasteiger charge is -2.12. The molecule has 5 nitrogen and oxygen atoms in total. The predicted octanol–water partition coefficient (Wildman–Crippen LogP) is 4.07. The van der Waals surface area contributed by atoms with E-state index in [-0.39, 0.29) is 12.2 Å². The van der Waals surface area contributed by atoms with Crippen molar-refractivity contribution in [3.8, 4) is 11.1 Å². The summed E-state index contributed by atoms with van der Waals surface area (Å²) in [5.41, 5.74) is 3.66. The molecule has 0 aliphatic heterocycles. The van der Waals surface area contributed by atoms with Crippen LogP contribution in [0.3, 0.4) is 0 Å². The van der Waals surface area contributed by atoms with E-state index < -0.39 is 24.6 Å². The predicted molar refractivity (Wildman–Crippen MR) is 111 cm³/mol. The summed E-state index contributed by atoms with van der Waals surface area (Å²) in [6, 6.07) is 14.2. The van der Waals surface area contributed by atoms with Crippen LogP contribution < -0.4 is 0 Å². The van der Waals surface area contributed by atoms with Crippen LogP contribution >= 0.6 is 0 Å². The van der Waals surface area contributed by atoms with Gasteiger partial charge in [0.15, 0.2) is 0 Å². The molecule has 0 saturated heterocycles. The maximum atomic E-state index is 13.4. The Balaban J connectivity index is 2.03. The zero-order valence-corrected chi connectivity index (χ0v) is 16.1. The minimum absolute atomic E-state index is 0.0684. The largest absolute Gasteiger partial charge is 0.481 e. The summed E-state index contributed by atoms with van der Waals surface area (Å²) >= 11 is 0. The molecule has 0 fully saturated rings. The number of aliphatic hydroxyl groups excluding tert-OH is 2. The molecule has 1 heterocycles. The Labute approximate surface area is 168 Å². The van der Waals surface area contributed by atoms with Gasteiger partial charge in [0.05, 0.1) is 18.6 Å². The highest BCUT2D eigenvalue weighted by Gasteiger charge is 2.17. The number of aromatic nitrogens is 1. The molecule has 3 rings (SSSR count). The minimum Gasteiger partial charge on any atom is -0.481 e. The Kier molecular flexibility index (Phi) is 6.46. The second-order valence-electron chi connectivity index (χ2n) is 6.94. The molecule has 6 heteroatoms. The van der Waals surface area contributed by atoms with E-state index in [4.69, 9.17) is 5.11 Å². The van der Waals surface area contributed by atoms with Gasteiger partial charge in [0, 0.05) is 35.1 Å². The van der Waals surface area contributed by atoms with E-state index in [1.54, 1.807) is 24.3 Å². The first-order valence-electron chi connectivity index (χ1n) is 9.54. The van der Waals surface area contributed by atoms with Crippen molar-refractivity contribution in [2.75, 3.05) is 0 Å². The minimum atomic E-state index is -1.12. The van der Waals surface area contributed by atoms with E-state index in [0.717, 1.165) is 27.7 Å². The fourth-order valence-electron chi connectivity index (χ4n) is 3.60. The quantitative estimate of drug-likeness (QED) is 0.535. The average molecular weight is 397 g/mol. The number of nitrogens with zero attached hydrogens (tertiary/aromatic N) is 1. The number of aliphatic carboxylic acids is 1. The fraction of sp³-hybridized carbons (Fsp3) is 0.261. The Hall–Kier alpha value is -2.96. The van der Waals surface area contributed by atoms with Crippen LogP contribution in [0.1, 0.15) is 25.5 Å². The highest BCUT2D eigenvalue weighted by Crippen LogP contribution is 2.36. The van der Waals surface area contributed by atoms with Gasteiger partial charge in [0.25, 0.3) is 0 Å². The zero-order chi connectivity index (χ0) is 21.0. The summed E-state index contributed by atoms with van der Waals surface area (Å²) in [5.74, 6) is -1.42. The van der Waals surface area contributed by atoms with E-state index in [2.05, 4.69) is 4.57 Å². The van der Waals surface area contributed by atoms with E-state index in [1.807, 2.05) is 31.2 Å². The Bertz CT molecular complexity index is 1020. The number of carboxylic acids is 1. The summed E-state index contributed by atoms with van der Waals surface area (Å²) < 4.78 is 15.5. The van der Waals surface area contributed by atoms with E-state index in [1.165, 1.54) is 12.1 Å². The van der Waals surface area contributed by atoms with Crippen LogP contribution in [0.5, 0.6) is 0 Å². The molecule has 0 saturated carbocycles. The third kappa shape index (κ3) is 4.72. The topological polar surface area (TPSA) is 82.7 Å². The molecular formula is C23H24FNO4. The normalized spacial score (nSPS) is 13.8. The maximum absolute atomic E-state index is 13.4. The number of carboxylic acid groups (broad SMARTS) is 1. The van der Waals surface area contributed by atoms with Crippen molar-refractivity contribution in [1.82, 2.24) is 4.57 Å². The fourth-order valence-corrected chi connectivity index (χ4v) is 3.60. The molecule has 3 aromatic rings. The van der Waals surface area contributed by atoms with Gasteiger partial charge in [-0.1, -0.05) is 36.4 Å². The first kappa shape index (κ1) is 20.8. The summed E-state index contributed by atoms with van der Waals surface area (Å²) in [7, 11) is 0. The molecule has 0 spiro atoms. The molecule has 1 aromatic heterocycles. The number of para-hydroxylation sites is 1. The molecule has 0 radical (unpaired) electrons. The van der Waals surface area contributed by atoms with Crippen molar-refractivity contribution < 1.29 is 24.5 Å². The summed E-state index contributed by atoms with van der Waals surface area (Å²) in [5, 5.41) is 29.7. The molecule has 0 aliphatic carbocycles. The molecule has 2 aromatic carbocycles. The number of rotatable bonds is 8. The standard InChI is InChI=1S/C23H24FNO4/c1-2-25-20-6-4-3-5-19(20)23(15-7-9-16(24)10-8-15)21(25)12-11-17(26)13-18(27)14-22(28)29/h3-12,17-18,26-27H,2,13-14H2,1H3,(H,28,29)/b12-11+. The third-order valence-electron chi connectivity index (χ3n) is 4.86. The van der Waals surface area contributed by atoms with Crippen molar-refractivity contribution in [2.24, 2.45) is 0 Å². The van der Waals surface area contributed by atoms with Crippen molar-refractivity contribution in [3.63, 3.8) is 0 Å². The number of hydrogen-bond donors (Lipinski definition) is 3. The number of aliphatic hydroxyl groups is 2. The van der Waals surface area contributed by atoms with E-state index in [9.17, 15) is 19.4 Å². The molecule has 3 N–H and O–H groups in total. The van der Waals surface area contributed by atoms with Crippen LogP contribution in [0.4, 0.5) is 4.39 Å². The molecule has 2 atom stereocenters. The van der Waals surface area contributed by atoms with Gasteiger partial charge in [-0.15, -0.1) is 0 Å². The van der Waals surface area contributed by atoms with Gasteiger partial charge in [-0.05, 0) is 36.8 Å². The summed E-state index contributed by atoms with van der Waals surface area (Å²) in [4.78, 5) is 10.7. The number of aryl methyl sites for hydroxylation is 1. The highest BCUT2D eigenvalue weighted by molar-refractivity contribution is 6.00. The first-order valence-corrected chi connectivity index (χ1v) is 9.54. The van der Waals surface area contributed by atoms with Gasteiger partial charge in [-0.25, -0.2) is 4.39 Å². The molecular weight excluding hydrogens is 373 g/mol. The SMILES string of the molecule is CCn1c(/C=C/C(O)CC(O)CC(=O)O)c(-c2ccc(F)cc2)c2ccccc21. The van der Waals surface area contributed by atoms with Crippen LogP contribution in [0.2, 0.25) is 0 Å². The maximum Gasteiger partial charge on any atom is 0.305 e. The number of benzene rings is 2. The van der Waals surface area contributed by atoms with Crippen molar-refractivity contribution in [3.05, 3.63) is 66.1 Å². The van der Waals surface area contributed by atoms with Crippen molar-refractivity contribution >= 4 is 22.9 Å². The second-order valence-corrected chi connectivity index (χ2v) is 6.94. The van der Waals surface area contributed by atoms with Crippen molar-refractivity contribution in [2.45, 2.75) is 38.5 Å². The summed E-state index contributed by atoms with van der Waals surface area (Å²) in [6.07, 6.45) is 0.732. The molecule has 0 amide bonds. The molecule has 29 heavy (non-hydrogen) atoms. The Morgan fingerprint density at radius 2 is 1.83 bits per heavy atom. The van der Waals surface area contributed by atoms with Gasteiger partial charge in [-0.3, -0.25) is 4.79 Å². The lowest BCUT2D eigenvalue weighted by molar-refractivity contribution is -0.139. The van der Waals surface area contributed by atoms with Crippen LogP contribution in [-0.4, -0.2) is 38.1 Å². The van der Waals surface area contributed by atoms with E-state index in [0.29, 0.717) is 6.54 Å². The molecule has 2 unspecified atom stereocenters. The van der Waals surface area contributed by atoms with E-state index >= 15 is 0 Å². The lowest BCUT2D eigenvalue weighted by Crippen LogP contribution is -2.19. The smallest absolute Gasteiger partial charge is 0.305 e. The number of carbonyl (C=O) groups is 1. The molecule has 0 aliphatic rings. The molecule has 0 bridgehead atoms. The van der Waals surface area contributed by atoms with Gasteiger partial charge in [-0.2, -0.15) is 0 Å². The highest BCUT2D eigenvalue weighted by atomic mass is 19.1. The van der Waals surface area contributed by atoms with Gasteiger partial charge in [0.2, 0.25) is 0 Å². The lowest BCUT2D eigenvalue weighted by atomic mass is 10.0. The number of fused-ring (bicyclic) bond motifs is 1. The Morgan fingerprint density at radius 3 is 2.48 bits per heavy atom. The van der Waals surface area contributed by atoms with Crippen LogP contribution in [0.15, 0.2) is 54.6 Å². The third-order valence-corrected chi connectivity index (χ3v) is 4.86. The van der Waals surface area contributed by atoms with Crippen LogP contribution in [-0.2, 0) is 11.3 Å². The van der Waals surface area contributed by atoms with Gasteiger partial charge < -0.3 is 19.9 Å². The zero-order valence-electron chi connectivity index (χ0n) is 16.1. The number of halogens is 1. The first-order chi connectivity index (χ1) is 13.9. The van der Waals surface area contributed by atoms with Crippen molar-refractivity contribution in [1.29, 1.82) is 0 Å². The van der Waals surface area contributed by atoms with Gasteiger partial charge in [0.1, 0.15) is 5.82 Å². The monoisotopic (exact) mass is 397 g/mol. The number of hydrogen-bond acceptors (Lipinski definition) is 3. The van der Waals surface area contributed by atoms with Crippen LogP contribution in [0, 0.1) is 5.82 Å². The second kappa shape index (κ2) is 9.03. The summed E-state index contributed by atoms with van der Waals surface area (Å²) in [6.45, 7) is 2.71. The van der Waals surface area contributed by atoms with Crippen LogP contribution in [0.25, 0.3) is 28.1 Å². The molecule has 152 valence electrons. The Morgan fingerprint density at radius 1 is 1.14 bits per heavy atom.